The Kier molecular flexibility index (Phi) is 3.92. The monoisotopic (exact) mass is 215 g/mol. The molecule has 0 aromatic carbocycles. The molecular formula is C5H14ClN3O2S. The van der Waals surface area contributed by atoms with E-state index >= 15 is 0 Å². The molecule has 12 heavy (non-hydrogen) atoms. The van der Waals surface area contributed by atoms with Crippen molar-refractivity contribution in [3.05, 3.63) is 0 Å². The highest BCUT2D eigenvalue weighted by Gasteiger charge is 2.34. The van der Waals surface area contributed by atoms with Crippen molar-refractivity contribution in [2.45, 2.75) is 6.04 Å². The second kappa shape index (κ2) is 3.89. The lowest BCUT2D eigenvalue weighted by Crippen LogP contribution is -2.60. The predicted octanol–water partition coefficient (Wildman–Crippen LogP) is -1.14. The van der Waals surface area contributed by atoms with Crippen LogP contribution in [0, 0.1) is 0 Å². The fourth-order valence-electron chi connectivity index (χ4n) is 0.889. The normalized spacial score (nSPS) is 20.3. The van der Waals surface area contributed by atoms with E-state index in [1.165, 1.54) is 22.7 Å². The van der Waals surface area contributed by atoms with Crippen LogP contribution in [0.15, 0.2) is 0 Å². The standard InChI is InChI=1S/C5H13N3O2S.ClH/c1-7(2)11(9,10)8-3-5(6)4-8;/h5H,3-4,6H2,1-2H3;1H. The number of nitrogens with two attached hydrogens (primary N) is 1. The Bertz CT molecular complexity index is 235. The van der Waals surface area contributed by atoms with Crippen LogP contribution in [-0.2, 0) is 10.2 Å². The van der Waals surface area contributed by atoms with Crippen LogP contribution in [0.5, 0.6) is 0 Å². The lowest BCUT2D eigenvalue weighted by atomic mass is 10.2. The van der Waals surface area contributed by atoms with Gasteiger partial charge in [0.15, 0.2) is 0 Å². The molecule has 0 radical (unpaired) electrons. The Balaban J connectivity index is 0.00000121. The summed E-state index contributed by atoms with van der Waals surface area (Å²) in [7, 11) is -0.160. The molecular weight excluding hydrogens is 202 g/mol. The molecule has 1 heterocycles. The average Bonchev–Trinajstić information content (AvgIpc) is 1.80. The van der Waals surface area contributed by atoms with Gasteiger partial charge in [0, 0.05) is 33.2 Å². The summed E-state index contributed by atoms with van der Waals surface area (Å²) in [5.41, 5.74) is 5.44. The second-order valence-electron chi connectivity index (χ2n) is 2.87. The molecule has 1 fully saturated rings. The number of hydrogen-bond acceptors (Lipinski definition) is 3. The molecule has 0 saturated carbocycles. The van der Waals surface area contributed by atoms with Crippen molar-refractivity contribution in [1.29, 1.82) is 0 Å². The first-order chi connectivity index (χ1) is 4.94. The van der Waals surface area contributed by atoms with Crippen LogP contribution >= 0.6 is 12.4 Å². The Hall–Kier alpha value is 0.120. The van der Waals surface area contributed by atoms with E-state index in [1.807, 2.05) is 0 Å². The highest BCUT2D eigenvalue weighted by Crippen LogP contribution is 2.12. The van der Waals surface area contributed by atoms with Crippen molar-refractivity contribution in [2.24, 2.45) is 5.73 Å². The summed E-state index contributed by atoms with van der Waals surface area (Å²) in [6, 6.07) is 0.0183. The molecule has 0 spiro atoms. The lowest BCUT2D eigenvalue weighted by molar-refractivity contribution is 0.251. The summed E-state index contributed by atoms with van der Waals surface area (Å²) in [6.07, 6.45) is 0. The molecule has 0 aromatic rings. The van der Waals surface area contributed by atoms with E-state index in [0.29, 0.717) is 13.1 Å². The van der Waals surface area contributed by atoms with Crippen molar-refractivity contribution in [1.82, 2.24) is 8.61 Å². The molecule has 1 aliphatic heterocycles. The van der Waals surface area contributed by atoms with Gasteiger partial charge in [-0.15, -0.1) is 12.4 Å². The zero-order chi connectivity index (χ0) is 8.65. The van der Waals surface area contributed by atoms with Crippen LogP contribution in [0.1, 0.15) is 0 Å². The van der Waals surface area contributed by atoms with Gasteiger partial charge < -0.3 is 5.73 Å². The van der Waals surface area contributed by atoms with E-state index in [0.717, 1.165) is 0 Å². The second-order valence-corrected chi connectivity index (χ2v) is 5.01. The summed E-state index contributed by atoms with van der Waals surface area (Å²) < 4.78 is 25.1. The minimum absolute atomic E-state index is 0. The minimum Gasteiger partial charge on any atom is -0.325 e. The van der Waals surface area contributed by atoms with Gasteiger partial charge in [-0.05, 0) is 0 Å². The molecule has 0 bridgehead atoms. The Labute approximate surface area is 79.1 Å². The van der Waals surface area contributed by atoms with Crippen LogP contribution < -0.4 is 5.73 Å². The maximum Gasteiger partial charge on any atom is 0.281 e. The first-order valence-electron chi connectivity index (χ1n) is 3.38. The molecule has 2 N–H and O–H groups in total. The molecule has 7 heteroatoms. The SMILES string of the molecule is CN(C)S(=O)(=O)N1CC(N)C1.Cl. The average molecular weight is 216 g/mol. The van der Waals surface area contributed by atoms with Crippen molar-refractivity contribution >= 4 is 22.6 Å². The quantitative estimate of drug-likeness (QED) is 0.633. The molecule has 0 atom stereocenters. The van der Waals surface area contributed by atoms with E-state index in [9.17, 15) is 8.42 Å². The lowest BCUT2D eigenvalue weighted by Gasteiger charge is -2.36. The molecule has 0 amide bonds. The van der Waals surface area contributed by atoms with Crippen LogP contribution in [0.25, 0.3) is 0 Å². The molecule has 1 rings (SSSR count). The van der Waals surface area contributed by atoms with Crippen molar-refractivity contribution in [3.63, 3.8) is 0 Å². The number of rotatable bonds is 2. The molecule has 0 aliphatic carbocycles. The van der Waals surface area contributed by atoms with Crippen LogP contribution in [0.3, 0.4) is 0 Å². The highest BCUT2D eigenvalue weighted by molar-refractivity contribution is 7.86. The zero-order valence-corrected chi connectivity index (χ0v) is 8.73. The van der Waals surface area contributed by atoms with E-state index in [2.05, 4.69) is 0 Å². The van der Waals surface area contributed by atoms with Gasteiger partial charge in [0.1, 0.15) is 0 Å². The number of hydrogen-bond donors (Lipinski definition) is 1. The first kappa shape index (κ1) is 12.1. The molecule has 0 unspecified atom stereocenters. The van der Waals surface area contributed by atoms with Gasteiger partial charge in [0.05, 0.1) is 0 Å². The third-order valence-corrected chi connectivity index (χ3v) is 3.54. The Morgan fingerprint density at radius 1 is 1.42 bits per heavy atom. The molecule has 74 valence electrons. The molecule has 5 nitrogen and oxygen atoms in total. The fourth-order valence-corrected chi connectivity index (χ4v) is 2.11. The third-order valence-electron chi connectivity index (χ3n) is 1.66. The predicted molar refractivity (Wildman–Crippen MR) is 49.4 cm³/mol. The smallest absolute Gasteiger partial charge is 0.281 e. The van der Waals surface area contributed by atoms with Gasteiger partial charge in [0.2, 0.25) is 0 Å². The van der Waals surface area contributed by atoms with Crippen LogP contribution in [0.4, 0.5) is 0 Å². The van der Waals surface area contributed by atoms with Gasteiger partial charge in [-0.2, -0.15) is 17.0 Å². The van der Waals surface area contributed by atoms with E-state index in [1.54, 1.807) is 0 Å². The molecule has 0 aromatic heterocycles. The first-order valence-corrected chi connectivity index (χ1v) is 4.77. The summed E-state index contributed by atoms with van der Waals surface area (Å²) in [5, 5.41) is 0. The maximum atomic E-state index is 11.3. The van der Waals surface area contributed by atoms with Gasteiger partial charge in [0.25, 0.3) is 10.2 Å². The zero-order valence-electron chi connectivity index (χ0n) is 7.10. The van der Waals surface area contributed by atoms with Gasteiger partial charge >= 0.3 is 0 Å². The van der Waals surface area contributed by atoms with Crippen molar-refractivity contribution in [2.75, 3.05) is 27.2 Å². The minimum atomic E-state index is -3.19. The van der Waals surface area contributed by atoms with E-state index in [4.69, 9.17) is 5.73 Å². The number of halogens is 1. The number of nitrogens with zero attached hydrogens (tertiary/aromatic N) is 2. The third kappa shape index (κ3) is 2.08. The Morgan fingerprint density at radius 2 is 1.83 bits per heavy atom. The van der Waals surface area contributed by atoms with Crippen molar-refractivity contribution in [3.8, 4) is 0 Å². The topological polar surface area (TPSA) is 66.6 Å². The van der Waals surface area contributed by atoms with E-state index in [-0.39, 0.29) is 18.4 Å². The maximum absolute atomic E-state index is 11.3. The molecule has 1 saturated heterocycles. The van der Waals surface area contributed by atoms with Crippen LogP contribution in [-0.4, -0.2) is 50.3 Å². The van der Waals surface area contributed by atoms with Gasteiger partial charge in [-0.1, -0.05) is 0 Å². The van der Waals surface area contributed by atoms with Gasteiger partial charge in [-0.3, -0.25) is 0 Å². The van der Waals surface area contributed by atoms with Crippen LogP contribution in [0.2, 0.25) is 0 Å². The summed E-state index contributed by atoms with van der Waals surface area (Å²) in [6.45, 7) is 0.890. The summed E-state index contributed by atoms with van der Waals surface area (Å²) in [5.74, 6) is 0. The van der Waals surface area contributed by atoms with Gasteiger partial charge in [-0.25, -0.2) is 0 Å². The van der Waals surface area contributed by atoms with E-state index < -0.39 is 10.2 Å². The molecule has 1 aliphatic rings. The highest BCUT2D eigenvalue weighted by atomic mass is 35.5. The largest absolute Gasteiger partial charge is 0.325 e. The fraction of sp³-hybridized carbons (Fsp3) is 1.00. The Morgan fingerprint density at radius 3 is 2.08 bits per heavy atom. The summed E-state index contributed by atoms with van der Waals surface area (Å²) >= 11 is 0. The van der Waals surface area contributed by atoms with Crippen molar-refractivity contribution < 1.29 is 8.42 Å². The summed E-state index contributed by atoms with van der Waals surface area (Å²) in [4.78, 5) is 0.